The van der Waals surface area contributed by atoms with Gasteiger partial charge in [-0.3, -0.25) is 9.59 Å². The third kappa shape index (κ3) is 3.70. The Morgan fingerprint density at radius 1 is 1.24 bits per heavy atom. The van der Waals surface area contributed by atoms with E-state index in [0.717, 1.165) is 4.31 Å². The Balaban J connectivity index is 2.67. The molecule has 0 spiro atoms. The topological polar surface area (TPSA) is 112 Å². The number of rotatable bonds is 5. The lowest BCUT2D eigenvalue weighted by Crippen LogP contribution is -2.48. The summed E-state index contributed by atoms with van der Waals surface area (Å²) in [7, 11) is -4.00. The van der Waals surface area contributed by atoms with Crippen LogP contribution in [-0.4, -0.2) is 43.2 Å². The second kappa shape index (κ2) is 6.78. The van der Waals surface area contributed by atoms with Crippen molar-refractivity contribution in [2.75, 3.05) is 13.1 Å². The van der Waals surface area contributed by atoms with E-state index >= 15 is 0 Å². The van der Waals surface area contributed by atoms with Gasteiger partial charge in [-0.1, -0.05) is 23.7 Å². The lowest BCUT2D eigenvalue weighted by molar-refractivity contribution is -0.120. The van der Waals surface area contributed by atoms with Crippen LogP contribution in [0.5, 0.6) is 0 Å². The van der Waals surface area contributed by atoms with Crippen molar-refractivity contribution in [3.05, 3.63) is 40.4 Å². The van der Waals surface area contributed by atoms with Crippen LogP contribution in [0.1, 0.15) is 26.3 Å². The number of amides is 2. The number of primary amides is 1. The summed E-state index contributed by atoms with van der Waals surface area (Å²) in [6, 6.07) is 6.30. The molecule has 1 aliphatic heterocycles. The fraction of sp³-hybridized carbons (Fsp3) is 0.375. The zero-order valence-electron chi connectivity index (χ0n) is 14.1. The summed E-state index contributed by atoms with van der Waals surface area (Å²) in [5.41, 5.74) is 5.01. The summed E-state index contributed by atoms with van der Waals surface area (Å²) in [6.45, 7) is 4.05. The van der Waals surface area contributed by atoms with E-state index in [1.54, 1.807) is 38.1 Å². The maximum Gasteiger partial charge on any atom is 0.245 e. The minimum absolute atomic E-state index is 0.0282. The maximum absolute atomic E-state index is 13.1. The van der Waals surface area contributed by atoms with Crippen LogP contribution in [0.2, 0.25) is 5.02 Å². The second-order valence-corrected chi connectivity index (χ2v) is 8.42. The van der Waals surface area contributed by atoms with E-state index in [0.29, 0.717) is 16.2 Å². The molecule has 0 aliphatic carbocycles. The fourth-order valence-corrected chi connectivity index (χ4v) is 5.21. The first-order chi connectivity index (χ1) is 11.5. The number of hydrogen-bond acceptors (Lipinski definition) is 4. The zero-order valence-corrected chi connectivity index (χ0v) is 15.7. The molecule has 1 aromatic carbocycles. The van der Waals surface area contributed by atoms with Crippen molar-refractivity contribution < 1.29 is 18.0 Å². The number of nitrogens with zero attached hydrogens (tertiary/aromatic N) is 2. The molecule has 135 valence electrons. The molecular formula is C16H19ClN3O4S. The van der Waals surface area contributed by atoms with Gasteiger partial charge in [0.15, 0.2) is 0 Å². The van der Waals surface area contributed by atoms with Gasteiger partial charge in [-0.2, -0.15) is 4.31 Å². The summed E-state index contributed by atoms with van der Waals surface area (Å²) >= 11 is 5.88. The van der Waals surface area contributed by atoms with Gasteiger partial charge in [0.25, 0.3) is 0 Å². The van der Waals surface area contributed by atoms with Gasteiger partial charge in [-0.05, 0) is 37.1 Å². The maximum atomic E-state index is 13.1. The van der Waals surface area contributed by atoms with Crippen LogP contribution < -0.4 is 11.1 Å². The number of carbonyl (C=O) groups is 2. The standard InChI is InChI=1S/C16H19ClN3O4S/c1-10(21)19-8-13-15(11-4-6-12(17)7-5-11)25(23,24)20(9-14(18)22)16(13,2)3/h4-7H,8-9H2,1-3H3,(H2,18,22). The van der Waals surface area contributed by atoms with E-state index in [-0.39, 0.29) is 11.4 Å². The second-order valence-electron chi connectivity index (χ2n) is 6.19. The monoisotopic (exact) mass is 384 g/mol. The quantitative estimate of drug-likeness (QED) is 0.819. The van der Waals surface area contributed by atoms with Crippen molar-refractivity contribution in [1.82, 2.24) is 9.62 Å². The number of nitrogens with two attached hydrogens (primary N) is 1. The van der Waals surface area contributed by atoms with Gasteiger partial charge in [0.05, 0.1) is 23.5 Å². The SMILES string of the molecule is CC(=O)[N]CC1=C(c2ccc(Cl)cc2)S(=O)(=O)N(CC(N)=O)C1(C)C. The lowest BCUT2D eigenvalue weighted by atomic mass is 9.91. The Hall–Kier alpha value is -1.90. The van der Waals surface area contributed by atoms with Crippen molar-refractivity contribution in [3.8, 4) is 0 Å². The third-order valence-electron chi connectivity index (χ3n) is 4.05. The highest BCUT2D eigenvalue weighted by Gasteiger charge is 2.50. The third-order valence-corrected chi connectivity index (χ3v) is 6.47. The number of sulfonamides is 1. The van der Waals surface area contributed by atoms with Crippen LogP contribution in [0.3, 0.4) is 0 Å². The highest BCUT2D eigenvalue weighted by atomic mass is 35.5. The van der Waals surface area contributed by atoms with Gasteiger partial charge in [0.1, 0.15) is 0 Å². The molecule has 0 bridgehead atoms. The molecule has 0 unspecified atom stereocenters. The van der Waals surface area contributed by atoms with Crippen LogP contribution in [0.15, 0.2) is 29.8 Å². The van der Waals surface area contributed by atoms with Crippen molar-refractivity contribution >= 4 is 38.3 Å². The molecule has 1 aromatic rings. The van der Waals surface area contributed by atoms with Gasteiger partial charge in [0.2, 0.25) is 21.8 Å². The van der Waals surface area contributed by atoms with Crippen LogP contribution >= 0.6 is 11.6 Å². The first-order valence-corrected chi connectivity index (χ1v) is 9.28. The molecule has 2 rings (SSSR count). The molecule has 2 N–H and O–H groups in total. The molecule has 2 amide bonds. The number of benzene rings is 1. The van der Waals surface area contributed by atoms with Crippen LogP contribution in [-0.2, 0) is 19.6 Å². The highest BCUT2D eigenvalue weighted by Crippen LogP contribution is 2.44. The Morgan fingerprint density at radius 3 is 2.28 bits per heavy atom. The van der Waals surface area contributed by atoms with Crippen molar-refractivity contribution in [2.24, 2.45) is 5.73 Å². The molecule has 0 saturated heterocycles. The summed E-state index contributed by atoms with van der Waals surface area (Å²) in [5, 5.41) is 4.31. The lowest BCUT2D eigenvalue weighted by Gasteiger charge is -2.31. The molecule has 1 heterocycles. The van der Waals surface area contributed by atoms with E-state index in [1.807, 2.05) is 0 Å². The number of carbonyl (C=O) groups excluding carboxylic acids is 2. The van der Waals surface area contributed by atoms with Crippen LogP contribution in [0.4, 0.5) is 0 Å². The van der Waals surface area contributed by atoms with Crippen molar-refractivity contribution in [1.29, 1.82) is 0 Å². The van der Waals surface area contributed by atoms with Gasteiger partial charge < -0.3 is 5.73 Å². The molecule has 1 radical (unpaired) electrons. The average Bonchev–Trinajstić information content (AvgIpc) is 2.62. The Labute approximate surface area is 151 Å². The minimum atomic E-state index is -4.00. The average molecular weight is 385 g/mol. The van der Waals surface area contributed by atoms with Gasteiger partial charge in [-0.15, -0.1) is 0 Å². The summed E-state index contributed by atoms with van der Waals surface area (Å²) in [4.78, 5) is 22.7. The normalized spacial score (nSPS) is 19.0. The van der Waals surface area contributed by atoms with E-state index in [4.69, 9.17) is 17.3 Å². The molecule has 0 saturated carbocycles. The Bertz CT molecular complexity index is 845. The first kappa shape index (κ1) is 19.4. The smallest absolute Gasteiger partial charge is 0.245 e. The summed E-state index contributed by atoms with van der Waals surface area (Å²) in [5.74, 6) is -1.18. The largest absolute Gasteiger partial charge is 0.369 e. The molecule has 0 aromatic heterocycles. The van der Waals surface area contributed by atoms with Gasteiger partial charge in [0, 0.05) is 11.9 Å². The Morgan fingerprint density at radius 2 is 1.80 bits per heavy atom. The molecule has 25 heavy (non-hydrogen) atoms. The van der Waals surface area contributed by atoms with E-state index < -0.39 is 33.9 Å². The number of halogens is 1. The molecule has 0 fully saturated rings. The number of hydrogen-bond donors (Lipinski definition) is 1. The molecular weight excluding hydrogens is 366 g/mol. The highest BCUT2D eigenvalue weighted by molar-refractivity contribution is 7.98. The predicted octanol–water partition coefficient (Wildman–Crippen LogP) is 1.11. The van der Waals surface area contributed by atoms with Crippen molar-refractivity contribution in [3.63, 3.8) is 0 Å². The summed E-state index contributed by atoms with van der Waals surface area (Å²) in [6.07, 6.45) is 0. The fourth-order valence-electron chi connectivity index (χ4n) is 2.80. The van der Waals surface area contributed by atoms with E-state index in [2.05, 4.69) is 5.32 Å². The van der Waals surface area contributed by atoms with Crippen LogP contribution in [0.25, 0.3) is 4.91 Å². The molecule has 7 nitrogen and oxygen atoms in total. The summed E-state index contributed by atoms with van der Waals surface area (Å²) < 4.78 is 27.2. The van der Waals surface area contributed by atoms with Gasteiger partial charge >= 0.3 is 0 Å². The predicted molar refractivity (Wildman–Crippen MR) is 95.0 cm³/mol. The molecule has 1 aliphatic rings. The first-order valence-electron chi connectivity index (χ1n) is 7.46. The zero-order chi connectivity index (χ0) is 19.0. The van der Waals surface area contributed by atoms with E-state index in [1.165, 1.54) is 6.92 Å². The van der Waals surface area contributed by atoms with Crippen LogP contribution in [0, 0.1) is 0 Å². The molecule has 0 atom stereocenters. The van der Waals surface area contributed by atoms with Gasteiger partial charge in [-0.25, -0.2) is 13.7 Å². The Kier molecular flexibility index (Phi) is 5.27. The minimum Gasteiger partial charge on any atom is -0.369 e. The van der Waals surface area contributed by atoms with E-state index in [9.17, 15) is 18.0 Å². The molecule has 9 heteroatoms. The van der Waals surface area contributed by atoms with Crippen molar-refractivity contribution in [2.45, 2.75) is 26.3 Å².